The van der Waals surface area contributed by atoms with E-state index < -0.39 is 0 Å². The van der Waals surface area contributed by atoms with Crippen LogP contribution in [0.25, 0.3) is 6.08 Å². The van der Waals surface area contributed by atoms with Crippen molar-refractivity contribution in [3.63, 3.8) is 0 Å². The summed E-state index contributed by atoms with van der Waals surface area (Å²) in [6.07, 6.45) is 2.49. The zero-order valence-corrected chi connectivity index (χ0v) is 15.1. The highest BCUT2D eigenvalue weighted by Gasteiger charge is 2.21. The summed E-state index contributed by atoms with van der Waals surface area (Å²) in [5.74, 6) is 0. The largest absolute Gasteiger partial charge is 0.289 e. The molecular weight excluding hydrogens is 272 g/mol. The van der Waals surface area contributed by atoms with E-state index in [4.69, 9.17) is 0 Å². The standard InChI is InChI=1S/C18H30N2Si/c1-6-16-12-11-13-17(14-16)21-15-18(19(7-2)8-3)20(9-4)10-5/h6,11-14,18H,1,7-10,15H2,2-5H3. The fourth-order valence-electron chi connectivity index (χ4n) is 2.76. The lowest BCUT2D eigenvalue weighted by atomic mass is 10.2. The lowest BCUT2D eigenvalue weighted by molar-refractivity contribution is 0.0713. The molecule has 116 valence electrons. The molecule has 0 aliphatic carbocycles. The zero-order valence-electron chi connectivity index (χ0n) is 14.1. The molecule has 0 amide bonds. The van der Waals surface area contributed by atoms with Gasteiger partial charge in [-0.2, -0.15) is 0 Å². The highest BCUT2D eigenvalue weighted by molar-refractivity contribution is 6.53. The van der Waals surface area contributed by atoms with Crippen LogP contribution in [0.2, 0.25) is 6.04 Å². The number of hydrogen-bond donors (Lipinski definition) is 0. The third kappa shape index (κ3) is 5.42. The Balaban J connectivity index is 2.77. The van der Waals surface area contributed by atoms with Crippen molar-refractivity contribution in [1.29, 1.82) is 0 Å². The van der Waals surface area contributed by atoms with Gasteiger partial charge in [-0.05, 0) is 37.8 Å². The van der Waals surface area contributed by atoms with Crippen LogP contribution in [0.3, 0.4) is 0 Å². The Morgan fingerprint density at radius 2 is 1.62 bits per heavy atom. The molecule has 0 atom stereocenters. The van der Waals surface area contributed by atoms with Crippen molar-refractivity contribution in [2.24, 2.45) is 0 Å². The Morgan fingerprint density at radius 3 is 2.10 bits per heavy atom. The fraction of sp³-hybridized carbons (Fsp3) is 0.556. The second-order valence-electron chi connectivity index (χ2n) is 5.13. The summed E-state index contributed by atoms with van der Waals surface area (Å²) in [4.78, 5) is 5.16. The molecule has 0 unspecified atom stereocenters. The van der Waals surface area contributed by atoms with E-state index >= 15 is 0 Å². The first-order valence-corrected chi connectivity index (χ1v) is 9.35. The van der Waals surface area contributed by atoms with Gasteiger partial charge in [-0.1, -0.05) is 69.8 Å². The second-order valence-corrected chi connectivity index (χ2v) is 6.47. The minimum absolute atomic E-state index is 0.556. The third-order valence-corrected chi connectivity index (χ3v) is 5.37. The highest BCUT2D eigenvalue weighted by Crippen LogP contribution is 2.11. The summed E-state index contributed by atoms with van der Waals surface area (Å²) in [7, 11) is 0.851. The van der Waals surface area contributed by atoms with Crippen LogP contribution in [0.1, 0.15) is 33.3 Å². The highest BCUT2D eigenvalue weighted by atomic mass is 28.2. The number of rotatable bonds is 10. The smallest absolute Gasteiger partial charge is 0.0838 e. The van der Waals surface area contributed by atoms with Gasteiger partial charge < -0.3 is 0 Å². The van der Waals surface area contributed by atoms with Gasteiger partial charge >= 0.3 is 0 Å². The van der Waals surface area contributed by atoms with Gasteiger partial charge in [0.1, 0.15) is 0 Å². The van der Waals surface area contributed by atoms with Crippen molar-refractivity contribution in [2.45, 2.75) is 39.9 Å². The maximum Gasteiger partial charge on any atom is 0.0838 e. The monoisotopic (exact) mass is 302 g/mol. The van der Waals surface area contributed by atoms with Gasteiger partial charge in [-0.25, -0.2) is 0 Å². The molecule has 0 N–H and O–H groups in total. The summed E-state index contributed by atoms with van der Waals surface area (Å²) < 4.78 is 0. The van der Waals surface area contributed by atoms with Crippen LogP contribution in [0.4, 0.5) is 0 Å². The van der Waals surface area contributed by atoms with E-state index in [9.17, 15) is 0 Å². The molecule has 0 aromatic heterocycles. The molecule has 0 aliphatic heterocycles. The molecule has 0 saturated heterocycles. The van der Waals surface area contributed by atoms with Gasteiger partial charge in [0, 0.05) is 0 Å². The van der Waals surface area contributed by atoms with Crippen LogP contribution < -0.4 is 5.19 Å². The van der Waals surface area contributed by atoms with Crippen molar-refractivity contribution < 1.29 is 0 Å². The molecule has 2 radical (unpaired) electrons. The first-order chi connectivity index (χ1) is 10.2. The summed E-state index contributed by atoms with van der Waals surface area (Å²) >= 11 is 0. The Labute approximate surface area is 133 Å². The van der Waals surface area contributed by atoms with Crippen LogP contribution in [-0.4, -0.2) is 51.7 Å². The summed E-state index contributed by atoms with van der Waals surface area (Å²) in [5, 5.41) is 1.44. The molecule has 1 aromatic carbocycles. The molecule has 0 spiro atoms. The molecule has 21 heavy (non-hydrogen) atoms. The van der Waals surface area contributed by atoms with E-state index in [1.165, 1.54) is 16.8 Å². The fourth-order valence-corrected chi connectivity index (χ4v) is 4.18. The normalized spacial score (nSPS) is 11.6. The molecule has 0 saturated carbocycles. The van der Waals surface area contributed by atoms with E-state index in [1.807, 2.05) is 6.08 Å². The first-order valence-electron chi connectivity index (χ1n) is 8.14. The zero-order chi connectivity index (χ0) is 15.7. The van der Waals surface area contributed by atoms with Crippen molar-refractivity contribution in [3.8, 4) is 0 Å². The van der Waals surface area contributed by atoms with Crippen LogP contribution in [0.5, 0.6) is 0 Å². The molecular formula is C18H30N2Si. The van der Waals surface area contributed by atoms with Crippen LogP contribution in [-0.2, 0) is 0 Å². The first kappa shape index (κ1) is 18.1. The number of nitrogens with zero attached hydrogens (tertiary/aromatic N) is 2. The lowest BCUT2D eigenvalue weighted by Crippen LogP contribution is -2.49. The Bertz CT molecular complexity index is 399. The maximum atomic E-state index is 3.86. The average molecular weight is 303 g/mol. The van der Waals surface area contributed by atoms with E-state index in [1.54, 1.807) is 0 Å². The predicted molar refractivity (Wildman–Crippen MR) is 96.4 cm³/mol. The molecule has 1 aromatic rings. The molecule has 3 heteroatoms. The quantitative estimate of drug-likeness (QED) is 0.484. The van der Waals surface area contributed by atoms with Gasteiger partial charge in [-0.3, -0.25) is 9.80 Å². The maximum absolute atomic E-state index is 3.86. The van der Waals surface area contributed by atoms with Crippen molar-refractivity contribution in [1.82, 2.24) is 9.80 Å². The topological polar surface area (TPSA) is 6.48 Å². The van der Waals surface area contributed by atoms with Crippen molar-refractivity contribution in [2.75, 3.05) is 26.2 Å². The van der Waals surface area contributed by atoms with E-state index in [-0.39, 0.29) is 0 Å². The van der Waals surface area contributed by atoms with Gasteiger partial charge in [-0.15, -0.1) is 0 Å². The minimum Gasteiger partial charge on any atom is -0.289 e. The average Bonchev–Trinajstić information content (AvgIpc) is 2.54. The van der Waals surface area contributed by atoms with Crippen molar-refractivity contribution in [3.05, 3.63) is 36.4 Å². The minimum atomic E-state index is 0.556. The number of hydrogen-bond acceptors (Lipinski definition) is 2. The van der Waals surface area contributed by atoms with E-state index in [2.05, 4.69) is 68.3 Å². The van der Waals surface area contributed by atoms with Gasteiger partial charge in [0.2, 0.25) is 0 Å². The number of benzene rings is 1. The summed E-state index contributed by atoms with van der Waals surface area (Å²) in [5.41, 5.74) is 1.22. The second kappa shape index (κ2) is 9.93. The van der Waals surface area contributed by atoms with E-state index in [0.29, 0.717) is 6.17 Å². The molecule has 2 nitrogen and oxygen atoms in total. The molecule has 0 bridgehead atoms. The van der Waals surface area contributed by atoms with Crippen LogP contribution in [0.15, 0.2) is 30.8 Å². The Kier molecular flexibility index (Phi) is 8.58. The molecule has 0 fully saturated rings. The summed E-state index contributed by atoms with van der Waals surface area (Å²) in [6, 6.07) is 9.99. The predicted octanol–water partition coefficient (Wildman–Crippen LogP) is 3.09. The molecule has 0 aliphatic rings. The molecule has 1 rings (SSSR count). The Hall–Kier alpha value is -0.903. The third-order valence-electron chi connectivity index (χ3n) is 4.08. The summed E-state index contributed by atoms with van der Waals surface area (Å²) in [6.45, 7) is 17.4. The van der Waals surface area contributed by atoms with E-state index in [0.717, 1.165) is 35.7 Å². The van der Waals surface area contributed by atoms with Crippen molar-refractivity contribution >= 4 is 20.8 Å². The van der Waals surface area contributed by atoms with Gasteiger partial charge in [0.05, 0.1) is 15.7 Å². The van der Waals surface area contributed by atoms with Crippen LogP contribution >= 0.6 is 0 Å². The van der Waals surface area contributed by atoms with Crippen LogP contribution in [0, 0.1) is 0 Å². The van der Waals surface area contributed by atoms with Gasteiger partial charge in [0.25, 0.3) is 0 Å². The van der Waals surface area contributed by atoms with Gasteiger partial charge in [0.15, 0.2) is 0 Å². The Morgan fingerprint density at radius 1 is 1.05 bits per heavy atom. The lowest BCUT2D eigenvalue weighted by Gasteiger charge is -2.38. The SMILES string of the molecule is C=Cc1cccc([Si]CC(N(CC)CC)N(CC)CC)c1. The molecule has 0 heterocycles.